The summed E-state index contributed by atoms with van der Waals surface area (Å²) in [6.45, 7) is 3.75. The Bertz CT molecular complexity index is 284. The second-order valence-electron chi connectivity index (χ2n) is 2.85. The maximum Gasteiger partial charge on any atom is 0.349 e. The van der Waals surface area contributed by atoms with Gasteiger partial charge in [-0.25, -0.2) is 0 Å². The fourth-order valence-electron chi connectivity index (χ4n) is 0.928. The van der Waals surface area contributed by atoms with Gasteiger partial charge in [-0.2, -0.15) is 0 Å². The lowest BCUT2D eigenvalue weighted by molar-refractivity contribution is -0.127. The highest BCUT2D eigenvalue weighted by Crippen LogP contribution is 2.46. The maximum atomic E-state index is 11.8. The minimum atomic E-state index is -3.30. The molecular formula is C8H17N2O5P. The number of primary amides is 1. The molecule has 3 N–H and O–H groups in total. The van der Waals surface area contributed by atoms with E-state index in [1.54, 1.807) is 13.8 Å². The third-order valence-corrected chi connectivity index (χ3v) is 3.30. The van der Waals surface area contributed by atoms with Crippen molar-refractivity contribution in [3.8, 4) is 0 Å². The number of carbonyl (C=O) groups is 2. The number of hydrogen-bond acceptors (Lipinski definition) is 5. The van der Waals surface area contributed by atoms with E-state index in [-0.39, 0.29) is 19.5 Å². The third-order valence-electron chi connectivity index (χ3n) is 1.46. The highest BCUT2D eigenvalue weighted by molar-refractivity contribution is 7.53. The minimum Gasteiger partial charge on any atom is -0.369 e. The van der Waals surface area contributed by atoms with Crippen molar-refractivity contribution >= 4 is 19.4 Å². The first kappa shape index (κ1) is 15.1. The van der Waals surface area contributed by atoms with E-state index in [2.05, 4.69) is 5.32 Å². The average Bonchev–Trinajstić information content (AvgIpc) is 2.15. The molecule has 0 aromatic rings. The standard InChI is InChI=1S/C8H17N2O5P/c1-3-14-16(13,15-4-2)6-10-8(12)5-7(9)11/h3-6H2,1-2H3,(H2,9,11)(H,10,12). The van der Waals surface area contributed by atoms with Gasteiger partial charge < -0.3 is 20.1 Å². The van der Waals surface area contributed by atoms with Crippen LogP contribution in [-0.2, 0) is 23.2 Å². The van der Waals surface area contributed by atoms with Gasteiger partial charge in [-0.3, -0.25) is 14.2 Å². The Morgan fingerprint density at radius 3 is 2.12 bits per heavy atom. The van der Waals surface area contributed by atoms with Crippen LogP contribution in [0.3, 0.4) is 0 Å². The molecule has 8 heteroatoms. The molecule has 0 aromatic heterocycles. The molecule has 0 aliphatic carbocycles. The van der Waals surface area contributed by atoms with Gasteiger partial charge in [0.05, 0.1) is 13.2 Å². The third kappa shape index (κ3) is 6.55. The Morgan fingerprint density at radius 2 is 1.75 bits per heavy atom. The Balaban J connectivity index is 4.16. The summed E-state index contributed by atoms with van der Waals surface area (Å²) >= 11 is 0. The smallest absolute Gasteiger partial charge is 0.349 e. The number of nitrogens with two attached hydrogens (primary N) is 1. The first-order valence-corrected chi connectivity index (χ1v) is 6.59. The Hall–Kier alpha value is -0.910. The van der Waals surface area contributed by atoms with Gasteiger partial charge in [-0.1, -0.05) is 0 Å². The number of rotatable bonds is 8. The van der Waals surface area contributed by atoms with Gasteiger partial charge in [0, 0.05) is 0 Å². The van der Waals surface area contributed by atoms with E-state index in [0.29, 0.717) is 0 Å². The van der Waals surface area contributed by atoms with Crippen LogP contribution in [0.15, 0.2) is 0 Å². The van der Waals surface area contributed by atoms with Crippen molar-refractivity contribution in [2.24, 2.45) is 5.73 Å². The summed E-state index contributed by atoms with van der Waals surface area (Å²) in [4.78, 5) is 21.5. The number of hydrogen-bond donors (Lipinski definition) is 2. The van der Waals surface area contributed by atoms with Crippen molar-refractivity contribution in [1.29, 1.82) is 0 Å². The van der Waals surface area contributed by atoms with Crippen molar-refractivity contribution < 1.29 is 23.2 Å². The Kier molecular flexibility index (Phi) is 6.96. The summed E-state index contributed by atoms with van der Waals surface area (Å²) < 4.78 is 21.7. The molecule has 0 unspecified atom stereocenters. The van der Waals surface area contributed by atoms with Crippen LogP contribution in [-0.4, -0.2) is 31.3 Å². The summed E-state index contributed by atoms with van der Waals surface area (Å²) in [6, 6.07) is 0. The van der Waals surface area contributed by atoms with Crippen LogP contribution < -0.4 is 11.1 Å². The van der Waals surface area contributed by atoms with Crippen LogP contribution in [0.2, 0.25) is 0 Å². The maximum absolute atomic E-state index is 11.8. The molecule has 7 nitrogen and oxygen atoms in total. The minimum absolute atomic E-state index is 0.211. The van der Waals surface area contributed by atoms with Crippen molar-refractivity contribution in [1.82, 2.24) is 5.32 Å². The van der Waals surface area contributed by atoms with E-state index in [9.17, 15) is 14.2 Å². The molecule has 0 saturated heterocycles. The molecule has 0 aromatic carbocycles. The van der Waals surface area contributed by atoms with E-state index in [0.717, 1.165) is 0 Å². The van der Waals surface area contributed by atoms with Gasteiger partial charge in [0.25, 0.3) is 0 Å². The van der Waals surface area contributed by atoms with E-state index in [1.165, 1.54) is 0 Å². The van der Waals surface area contributed by atoms with Crippen LogP contribution in [0.5, 0.6) is 0 Å². The molecule has 0 spiro atoms. The summed E-state index contributed by atoms with van der Waals surface area (Å²) in [5.41, 5.74) is 4.82. The van der Waals surface area contributed by atoms with Crippen LogP contribution in [0, 0.1) is 0 Å². The zero-order chi connectivity index (χ0) is 12.6. The topological polar surface area (TPSA) is 108 Å². The van der Waals surface area contributed by atoms with Gasteiger partial charge in [-0.05, 0) is 13.8 Å². The van der Waals surface area contributed by atoms with Gasteiger partial charge >= 0.3 is 7.60 Å². The molecule has 0 saturated carbocycles. The van der Waals surface area contributed by atoms with Crippen LogP contribution in [0.1, 0.15) is 20.3 Å². The molecule has 0 aliphatic rings. The van der Waals surface area contributed by atoms with Crippen molar-refractivity contribution in [2.75, 3.05) is 19.5 Å². The lowest BCUT2D eigenvalue weighted by Gasteiger charge is -2.17. The lowest BCUT2D eigenvalue weighted by Crippen LogP contribution is -2.29. The quantitative estimate of drug-likeness (QED) is 0.474. The van der Waals surface area contributed by atoms with E-state index >= 15 is 0 Å². The summed E-state index contributed by atoms with van der Waals surface area (Å²) in [7, 11) is -3.30. The predicted octanol–water partition coefficient (Wildman–Crippen LogP) is 0.202. The monoisotopic (exact) mass is 252 g/mol. The van der Waals surface area contributed by atoms with Gasteiger partial charge in [0.2, 0.25) is 11.8 Å². The fraction of sp³-hybridized carbons (Fsp3) is 0.750. The van der Waals surface area contributed by atoms with Crippen molar-refractivity contribution in [3.05, 3.63) is 0 Å². The SMILES string of the molecule is CCOP(=O)(CNC(=O)CC(N)=O)OCC. The first-order valence-electron chi connectivity index (χ1n) is 4.86. The Morgan fingerprint density at radius 1 is 1.25 bits per heavy atom. The second-order valence-corrected chi connectivity index (χ2v) is 4.90. The molecule has 0 bridgehead atoms. The van der Waals surface area contributed by atoms with Gasteiger partial charge in [-0.15, -0.1) is 0 Å². The number of carbonyl (C=O) groups excluding carboxylic acids is 2. The largest absolute Gasteiger partial charge is 0.369 e. The molecule has 0 radical (unpaired) electrons. The molecule has 94 valence electrons. The normalized spacial score (nSPS) is 11.1. The van der Waals surface area contributed by atoms with E-state index in [4.69, 9.17) is 14.8 Å². The predicted molar refractivity (Wildman–Crippen MR) is 57.7 cm³/mol. The number of amides is 2. The second kappa shape index (κ2) is 7.38. The van der Waals surface area contributed by atoms with Crippen molar-refractivity contribution in [3.63, 3.8) is 0 Å². The zero-order valence-electron chi connectivity index (χ0n) is 9.39. The molecule has 2 amide bonds. The van der Waals surface area contributed by atoms with E-state index in [1.807, 2.05) is 0 Å². The zero-order valence-corrected chi connectivity index (χ0v) is 10.3. The molecule has 16 heavy (non-hydrogen) atoms. The highest BCUT2D eigenvalue weighted by atomic mass is 31.2. The summed E-state index contributed by atoms with van der Waals surface area (Å²) in [5.74, 6) is -1.35. The van der Waals surface area contributed by atoms with Crippen LogP contribution >= 0.6 is 7.60 Å². The average molecular weight is 252 g/mol. The fourth-order valence-corrected chi connectivity index (χ4v) is 2.34. The van der Waals surface area contributed by atoms with Gasteiger partial charge in [0.15, 0.2) is 0 Å². The molecule has 0 heterocycles. The molecule has 0 aliphatic heterocycles. The van der Waals surface area contributed by atoms with Crippen molar-refractivity contribution in [2.45, 2.75) is 20.3 Å². The summed E-state index contributed by atoms with van der Waals surface area (Å²) in [6.07, 6.45) is -0.709. The first-order chi connectivity index (χ1) is 7.43. The lowest BCUT2D eigenvalue weighted by atomic mass is 10.4. The molecule has 0 atom stereocenters. The highest BCUT2D eigenvalue weighted by Gasteiger charge is 2.24. The summed E-state index contributed by atoms with van der Waals surface area (Å²) in [5, 5.41) is 2.27. The van der Waals surface area contributed by atoms with E-state index < -0.39 is 25.8 Å². The van der Waals surface area contributed by atoms with Crippen LogP contribution in [0.4, 0.5) is 0 Å². The molecular weight excluding hydrogens is 235 g/mol. The van der Waals surface area contributed by atoms with Gasteiger partial charge in [0.1, 0.15) is 12.7 Å². The molecule has 0 rings (SSSR count). The number of nitrogens with one attached hydrogen (secondary N) is 1. The Labute approximate surface area is 94.2 Å². The van der Waals surface area contributed by atoms with Crippen LogP contribution in [0.25, 0.3) is 0 Å². The molecule has 0 fully saturated rings.